The fraction of sp³-hybridized carbons (Fsp3) is 1.00. The minimum atomic E-state index is -2.05. The molecule has 0 spiro atoms. The molecule has 0 unspecified atom stereocenters. The lowest BCUT2D eigenvalue weighted by atomic mass is 10.5. The summed E-state index contributed by atoms with van der Waals surface area (Å²) in [6.07, 6.45) is 1.56. The molecule has 0 aromatic carbocycles. The second-order valence-corrected chi connectivity index (χ2v) is 7.83. The van der Waals surface area contributed by atoms with E-state index in [9.17, 15) is 0 Å². The highest BCUT2D eigenvalue weighted by Crippen LogP contribution is 2.23. The molecule has 0 fully saturated rings. The van der Waals surface area contributed by atoms with Crippen LogP contribution in [0.1, 0.15) is 41.0 Å². The van der Waals surface area contributed by atoms with E-state index in [2.05, 4.69) is 34.6 Å². The second kappa shape index (κ2) is 7.38. The summed E-state index contributed by atoms with van der Waals surface area (Å²) in [6.45, 7) is 11.1. The third-order valence-electron chi connectivity index (χ3n) is 2.06. The molecule has 0 bridgehead atoms. The van der Waals surface area contributed by atoms with E-state index in [4.69, 9.17) is 14.6 Å². The molecule has 4 heteroatoms. The lowest BCUT2D eigenvalue weighted by Gasteiger charge is -2.34. The predicted octanol–water partition coefficient (Wildman–Crippen LogP) is 2.65. The summed E-state index contributed by atoms with van der Waals surface area (Å²) in [5, 5.41) is 0. The summed E-state index contributed by atoms with van der Waals surface area (Å²) >= 11 is 0. The summed E-state index contributed by atoms with van der Waals surface area (Å²) in [7, 11) is -2.05. The summed E-state index contributed by atoms with van der Waals surface area (Å²) in [6, 6.07) is 1.94. The van der Waals surface area contributed by atoms with Crippen LogP contribution in [0.3, 0.4) is 0 Å². The van der Waals surface area contributed by atoms with E-state index in [1.807, 2.05) is 0 Å². The molecular formula is C11H27NO2Si. The standard InChI is InChI=1S/C11H27NO2Si/c1-6-8-15(9-7-12,13-10(2)3)14-11(4)5/h10-11H,6-9,12H2,1-5H3. The Morgan fingerprint density at radius 1 is 1.00 bits per heavy atom. The van der Waals surface area contributed by atoms with Gasteiger partial charge < -0.3 is 14.6 Å². The Kier molecular flexibility index (Phi) is 7.43. The Labute approximate surface area is 95.6 Å². The van der Waals surface area contributed by atoms with Crippen LogP contribution < -0.4 is 5.73 Å². The van der Waals surface area contributed by atoms with E-state index in [-0.39, 0.29) is 12.2 Å². The van der Waals surface area contributed by atoms with E-state index in [0.717, 1.165) is 18.5 Å². The maximum atomic E-state index is 6.07. The first-order valence-corrected chi connectivity index (χ1v) is 8.24. The molecular weight excluding hydrogens is 206 g/mol. The molecule has 0 aliphatic heterocycles. The molecule has 0 aliphatic rings. The van der Waals surface area contributed by atoms with Crippen molar-refractivity contribution in [1.82, 2.24) is 0 Å². The van der Waals surface area contributed by atoms with Crippen LogP contribution in [0.15, 0.2) is 0 Å². The molecule has 3 nitrogen and oxygen atoms in total. The summed E-state index contributed by atoms with van der Waals surface area (Å²) in [5.74, 6) is 0. The Morgan fingerprint density at radius 3 is 1.73 bits per heavy atom. The van der Waals surface area contributed by atoms with Gasteiger partial charge in [-0.25, -0.2) is 0 Å². The Morgan fingerprint density at radius 2 is 1.47 bits per heavy atom. The van der Waals surface area contributed by atoms with Crippen molar-refractivity contribution in [3.05, 3.63) is 0 Å². The lowest BCUT2D eigenvalue weighted by Crippen LogP contribution is -2.47. The van der Waals surface area contributed by atoms with Crippen molar-refractivity contribution < 1.29 is 8.85 Å². The van der Waals surface area contributed by atoms with Gasteiger partial charge in [0.25, 0.3) is 0 Å². The topological polar surface area (TPSA) is 44.5 Å². The largest absolute Gasteiger partial charge is 0.392 e. The van der Waals surface area contributed by atoms with Crippen molar-refractivity contribution in [3.63, 3.8) is 0 Å². The van der Waals surface area contributed by atoms with Crippen molar-refractivity contribution in [2.45, 2.75) is 65.3 Å². The van der Waals surface area contributed by atoms with Gasteiger partial charge in [-0.3, -0.25) is 0 Å². The molecule has 92 valence electrons. The Bertz CT molecular complexity index is 145. The number of hydrogen-bond acceptors (Lipinski definition) is 3. The fourth-order valence-corrected chi connectivity index (χ4v) is 5.55. The van der Waals surface area contributed by atoms with Gasteiger partial charge in [0.1, 0.15) is 0 Å². The average Bonchev–Trinajstić information content (AvgIpc) is 2.01. The normalized spacial score (nSPS) is 12.8. The predicted molar refractivity (Wildman–Crippen MR) is 67.2 cm³/mol. The van der Waals surface area contributed by atoms with Crippen LogP contribution in [-0.2, 0) is 8.85 Å². The van der Waals surface area contributed by atoms with Crippen molar-refractivity contribution in [1.29, 1.82) is 0 Å². The first-order chi connectivity index (χ1) is 6.95. The quantitative estimate of drug-likeness (QED) is 0.656. The van der Waals surface area contributed by atoms with Gasteiger partial charge in [0.2, 0.25) is 0 Å². The zero-order valence-electron chi connectivity index (χ0n) is 10.9. The van der Waals surface area contributed by atoms with Crippen LogP contribution in [0.5, 0.6) is 0 Å². The molecule has 0 aliphatic carbocycles. The SMILES string of the molecule is CCC[Si](CCN)(OC(C)C)OC(C)C. The zero-order chi connectivity index (χ0) is 11.9. The van der Waals surface area contributed by atoms with Crippen molar-refractivity contribution in [3.8, 4) is 0 Å². The summed E-state index contributed by atoms with van der Waals surface area (Å²) in [4.78, 5) is 0. The van der Waals surface area contributed by atoms with Gasteiger partial charge >= 0.3 is 8.56 Å². The molecule has 0 radical (unpaired) electrons. The van der Waals surface area contributed by atoms with Gasteiger partial charge in [0.05, 0.1) is 0 Å². The smallest absolute Gasteiger partial charge is 0.339 e. The molecule has 0 atom stereocenters. The van der Waals surface area contributed by atoms with Gasteiger partial charge in [-0.1, -0.05) is 13.3 Å². The van der Waals surface area contributed by atoms with Crippen molar-refractivity contribution >= 4 is 8.56 Å². The van der Waals surface area contributed by atoms with Crippen molar-refractivity contribution in [2.24, 2.45) is 5.73 Å². The van der Waals surface area contributed by atoms with Gasteiger partial charge in [0, 0.05) is 18.3 Å². The highest BCUT2D eigenvalue weighted by molar-refractivity contribution is 6.67. The molecule has 0 saturated carbocycles. The second-order valence-electron chi connectivity index (χ2n) is 4.53. The van der Waals surface area contributed by atoms with Crippen LogP contribution in [0.25, 0.3) is 0 Å². The molecule has 0 rings (SSSR count). The van der Waals surface area contributed by atoms with Crippen LogP contribution in [0, 0.1) is 0 Å². The minimum absolute atomic E-state index is 0.230. The fourth-order valence-electron chi connectivity index (χ4n) is 1.85. The monoisotopic (exact) mass is 233 g/mol. The Hall–Kier alpha value is 0.0969. The van der Waals surface area contributed by atoms with Crippen LogP contribution in [-0.4, -0.2) is 27.3 Å². The molecule has 0 saturated heterocycles. The minimum Gasteiger partial charge on any atom is -0.392 e. The number of hydrogen-bond donors (Lipinski definition) is 1. The lowest BCUT2D eigenvalue weighted by molar-refractivity contribution is 0.104. The van der Waals surface area contributed by atoms with Gasteiger partial charge in [-0.2, -0.15) is 0 Å². The van der Waals surface area contributed by atoms with Gasteiger partial charge in [-0.05, 0) is 40.3 Å². The van der Waals surface area contributed by atoms with E-state index in [1.165, 1.54) is 0 Å². The molecule has 0 amide bonds. The Balaban J connectivity index is 4.55. The highest BCUT2D eigenvalue weighted by atomic mass is 28.4. The molecule has 0 aromatic heterocycles. The summed E-state index contributed by atoms with van der Waals surface area (Å²) < 4.78 is 12.1. The molecule has 0 aromatic rings. The van der Waals surface area contributed by atoms with E-state index in [1.54, 1.807) is 0 Å². The van der Waals surface area contributed by atoms with Crippen molar-refractivity contribution in [2.75, 3.05) is 6.54 Å². The van der Waals surface area contributed by atoms with Crippen LogP contribution >= 0.6 is 0 Å². The first kappa shape index (κ1) is 15.1. The average molecular weight is 233 g/mol. The van der Waals surface area contributed by atoms with E-state index >= 15 is 0 Å². The zero-order valence-corrected chi connectivity index (χ0v) is 11.9. The molecule has 0 heterocycles. The van der Waals surface area contributed by atoms with Gasteiger partial charge in [-0.15, -0.1) is 0 Å². The van der Waals surface area contributed by atoms with Crippen LogP contribution in [0.2, 0.25) is 12.1 Å². The van der Waals surface area contributed by atoms with Crippen LogP contribution in [0.4, 0.5) is 0 Å². The third kappa shape index (κ3) is 6.30. The van der Waals surface area contributed by atoms with E-state index < -0.39 is 8.56 Å². The maximum Gasteiger partial charge on any atom is 0.339 e. The highest BCUT2D eigenvalue weighted by Gasteiger charge is 2.37. The maximum absolute atomic E-state index is 6.07. The third-order valence-corrected chi connectivity index (χ3v) is 6.17. The molecule has 2 N–H and O–H groups in total. The molecule has 15 heavy (non-hydrogen) atoms. The first-order valence-electron chi connectivity index (χ1n) is 6.01. The van der Waals surface area contributed by atoms with Gasteiger partial charge in [0.15, 0.2) is 0 Å². The van der Waals surface area contributed by atoms with E-state index in [0.29, 0.717) is 6.54 Å². The number of nitrogens with two attached hydrogens (primary N) is 1. The number of rotatable bonds is 8. The summed E-state index contributed by atoms with van der Waals surface area (Å²) in [5.41, 5.74) is 5.67.